The lowest BCUT2D eigenvalue weighted by Gasteiger charge is -2.30. The van der Waals surface area contributed by atoms with Crippen molar-refractivity contribution in [3.8, 4) is 22.3 Å². The second kappa shape index (κ2) is 11.5. The second-order valence-corrected chi connectivity index (χ2v) is 12.8. The van der Waals surface area contributed by atoms with Gasteiger partial charge in [0.15, 0.2) is 0 Å². The number of para-hydroxylation sites is 4. The third-order valence-electron chi connectivity index (χ3n) is 10.0. The SMILES string of the molecule is c1ccc(-c2ccccc2N(c2ccccc2)c2ccccc2-c2ccc3c4ccccc4c4c(ccc5oc6ccccc6c54)c3c2)cc1. The van der Waals surface area contributed by atoms with Gasteiger partial charge in [-0.3, -0.25) is 0 Å². The lowest BCUT2D eigenvalue weighted by Crippen LogP contribution is -2.12. The average Bonchev–Trinajstić information content (AvgIpc) is 3.58. The van der Waals surface area contributed by atoms with Crippen LogP contribution in [0.2, 0.25) is 0 Å². The summed E-state index contributed by atoms with van der Waals surface area (Å²) in [5.74, 6) is 0. The first-order valence-electron chi connectivity index (χ1n) is 17.1. The molecule has 0 radical (unpaired) electrons. The van der Waals surface area contributed by atoms with E-state index >= 15 is 0 Å². The molecule has 10 aromatic rings. The predicted molar refractivity (Wildman–Crippen MR) is 212 cm³/mol. The molecule has 0 aliphatic heterocycles. The Labute approximate surface area is 290 Å². The topological polar surface area (TPSA) is 16.4 Å². The minimum Gasteiger partial charge on any atom is -0.456 e. The van der Waals surface area contributed by atoms with Crippen LogP contribution >= 0.6 is 0 Å². The summed E-state index contributed by atoms with van der Waals surface area (Å²) < 4.78 is 6.38. The third-order valence-corrected chi connectivity index (χ3v) is 10.0. The number of anilines is 3. The second-order valence-electron chi connectivity index (χ2n) is 12.8. The van der Waals surface area contributed by atoms with E-state index in [0.717, 1.165) is 39.2 Å². The highest BCUT2D eigenvalue weighted by molar-refractivity contribution is 6.34. The maximum atomic E-state index is 6.38. The molecule has 0 saturated heterocycles. The van der Waals surface area contributed by atoms with Gasteiger partial charge in [-0.05, 0) is 86.6 Å². The summed E-state index contributed by atoms with van der Waals surface area (Å²) in [4.78, 5) is 2.40. The normalized spacial score (nSPS) is 11.6. The van der Waals surface area contributed by atoms with Gasteiger partial charge >= 0.3 is 0 Å². The van der Waals surface area contributed by atoms with Crippen molar-refractivity contribution in [2.45, 2.75) is 0 Å². The van der Waals surface area contributed by atoms with Crippen LogP contribution in [0.5, 0.6) is 0 Å². The average molecular weight is 638 g/mol. The van der Waals surface area contributed by atoms with Gasteiger partial charge in [0.1, 0.15) is 11.2 Å². The number of furan rings is 1. The molecule has 0 atom stereocenters. The zero-order valence-corrected chi connectivity index (χ0v) is 27.3. The standard InChI is InChI=1S/C48H31NO/c1-3-15-32(16-4-1)35-19-9-12-24-43(35)49(34-17-5-2-6-18-34)44-25-13-10-20-36(44)33-27-28-38-37-21-7-8-22-39(37)47-40(42(38)31-33)29-30-46-48(47)41-23-11-14-26-45(41)50-46/h1-31H. The Morgan fingerprint density at radius 2 is 0.860 bits per heavy atom. The quantitative estimate of drug-likeness (QED) is 0.175. The molecule has 1 heterocycles. The van der Waals surface area contributed by atoms with Crippen molar-refractivity contribution in [1.29, 1.82) is 0 Å². The van der Waals surface area contributed by atoms with Gasteiger partial charge in [0.25, 0.3) is 0 Å². The zero-order valence-electron chi connectivity index (χ0n) is 27.3. The van der Waals surface area contributed by atoms with Gasteiger partial charge in [-0.25, -0.2) is 0 Å². The fourth-order valence-corrected chi connectivity index (χ4v) is 7.85. The Balaban J connectivity index is 1.25. The minimum atomic E-state index is 0.915. The summed E-state index contributed by atoms with van der Waals surface area (Å²) in [6.07, 6.45) is 0. The summed E-state index contributed by atoms with van der Waals surface area (Å²) in [6.45, 7) is 0. The lowest BCUT2D eigenvalue weighted by molar-refractivity contribution is 0.669. The maximum Gasteiger partial charge on any atom is 0.136 e. The molecule has 1 aromatic heterocycles. The van der Waals surface area contributed by atoms with Gasteiger partial charge in [0.05, 0.1) is 11.4 Å². The van der Waals surface area contributed by atoms with E-state index in [-0.39, 0.29) is 0 Å². The molecule has 0 aliphatic carbocycles. The van der Waals surface area contributed by atoms with Gasteiger partial charge in [0, 0.05) is 33.0 Å². The smallest absolute Gasteiger partial charge is 0.136 e. The van der Waals surface area contributed by atoms with E-state index in [1.807, 2.05) is 6.07 Å². The Hall–Kier alpha value is -6.64. The molecule has 0 saturated carbocycles. The van der Waals surface area contributed by atoms with E-state index in [0.29, 0.717) is 0 Å². The molecule has 0 unspecified atom stereocenters. The van der Waals surface area contributed by atoms with E-state index in [2.05, 4.69) is 187 Å². The fourth-order valence-electron chi connectivity index (χ4n) is 7.85. The molecule has 2 heteroatoms. The van der Waals surface area contributed by atoms with Crippen LogP contribution in [0.25, 0.3) is 76.5 Å². The van der Waals surface area contributed by atoms with Crippen LogP contribution in [-0.2, 0) is 0 Å². The molecule has 0 amide bonds. The van der Waals surface area contributed by atoms with Crippen LogP contribution in [0.4, 0.5) is 17.1 Å². The van der Waals surface area contributed by atoms with Crippen molar-refractivity contribution in [2.75, 3.05) is 4.90 Å². The highest BCUT2D eigenvalue weighted by Crippen LogP contribution is 2.47. The summed E-state index contributed by atoms with van der Waals surface area (Å²) in [5, 5.41) is 9.76. The molecular weight excluding hydrogens is 607 g/mol. The van der Waals surface area contributed by atoms with E-state index in [9.17, 15) is 0 Å². The summed E-state index contributed by atoms with van der Waals surface area (Å²) >= 11 is 0. The molecule has 234 valence electrons. The largest absolute Gasteiger partial charge is 0.456 e. The predicted octanol–water partition coefficient (Wildman–Crippen LogP) is 13.8. The molecule has 50 heavy (non-hydrogen) atoms. The first-order chi connectivity index (χ1) is 24.8. The summed E-state index contributed by atoms with van der Waals surface area (Å²) in [6, 6.07) is 67.4. The highest BCUT2D eigenvalue weighted by atomic mass is 16.3. The number of benzene rings is 9. The number of fused-ring (bicyclic) bond motifs is 10. The fraction of sp³-hybridized carbons (Fsp3) is 0. The number of nitrogens with zero attached hydrogens (tertiary/aromatic N) is 1. The third kappa shape index (κ3) is 4.43. The van der Waals surface area contributed by atoms with Crippen molar-refractivity contribution < 1.29 is 4.42 Å². The van der Waals surface area contributed by atoms with E-state index in [4.69, 9.17) is 4.42 Å². The molecule has 0 aliphatic rings. The molecule has 0 bridgehead atoms. The Morgan fingerprint density at radius 3 is 1.62 bits per heavy atom. The maximum absolute atomic E-state index is 6.38. The van der Waals surface area contributed by atoms with E-state index in [1.54, 1.807) is 0 Å². The van der Waals surface area contributed by atoms with Crippen molar-refractivity contribution in [2.24, 2.45) is 0 Å². The Kier molecular flexibility index (Phi) is 6.53. The molecule has 10 rings (SSSR count). The summed E-state index contributed by atoms with van der Waals surface area (Å²) in [7, 11) is 0. The van der Waals surface area contributed by atoms with Crippen molar-refractivity contribution in [1.82, 2.24) is 0 Å². The zero-order chi connectivity index (χ0) is 33.0. The first kappa shape index (κ1) is 28.4. The van der Waals surface area contributed by atoms with Crippen LogP contribution in [0.15, 0.2) is 192 Å². The van der Waals surface area contributed by atoms with Gasteiger partial charge in [0.2, 0.25) is 0 Å². The van der Waals surface area contributed by atoms with Gasteiger partial charge in [-0.1, -0.05) is 140 Å². The van der Waals surface area contributed by atoms with Crippen LogP contribution in [-0.4, -0.2) is 0 Å². The monoisotopic (exact) mass is 637 g/mol. The molecule has 0 fully saturated rings. The minimum absolute atomic E-state index is 0.915. The van der Waals surface area contributed by atoms with Crippen molar-refractivity contribution in [3.63, 3.8) is 0 Å². The van der Waals surface area contributed by atoms with Crippen LogP contribution < -0.4 is 4.90 Å². The van der Waals surface area contributed by atoms with Crippen molar-refractivity contribution >= 4 is 71.3 Å². The molecule has 0 N–H and O–H groups in total. The molecule has 0 spiro atoms. The molecule has 9 aromatic carbocycles. The Bertz CT molecular complexity index is 2870. The number of rotatable bonds is 5. The first-order valence-corrected chi connectivity index (χ1v) is 17.1. The number of hydrogen-bond acceptors (Lipinski definition) is 2. The lowest BCUT2D eigenvalue weighted by atomic mass is 9.90. The van der Waals surface area contributed by atoms with Gasteiger partial charge in [-0.2, -0.15) is 0 Å². The van der Waals surface area contributed by atoms with Crippen molar-refractivity contribution in [3.05, 3.63) is 188 Å². The van der Waals surface area contributed by atoms with Crippen LogP contribution in [0, 0.1) is 0 Å². The Morgan fingerprint density at radius 1 is 0.320 bits per heavy atom. The summed E-state index contributed by atoms with van der Waals surface area (Å²) in [5.41, 5.74) is 9.88. The number of hydrogen-bond donors (Lipinski definition) is 0. The van der Waals surface area contributed by atoms with E-state index in [1.165, 1.54) is 54.4 Å². The highest BCUT2D eigenvalue weighted by Gasteiger charge is 2.21. The molecular formula is C48H31NO. The van der Waals surface area contributed by atoms with Crippen LogP contribution in [0.1, 0.15) is 0 Å². The van der Waals surface area contributed by atoms with E-state index < -0.39 is 0 Å². The van der Waals surface area contributed by atoms with Gasteiger partial charge < -0.3 is 9.32 Å². The van der Waals surface area contributed by atoms with Gasteiger partial charge in [-0.15, -0.1) is 0 Å². The molecule has 2 nitrogen and oxygen atoms in total. The van der Waals surface area contributed by atoms with Crippen LogP contribution in [0.3, 0.4) is 0 Å².